The Balaban J connectivity index is 1.95. The molecule has 0 saturated carbocycles. The number of ketones is 1. The van der Waals surface area contributed by atoms with Gasteiger partial charge in [-0.2, -0.15) is 0 Å². The van der Waals surface area contributed by atoms with Gasteiger partial charge in [-0.25, -0.2) is 9.78 Å². The summed E-state index contributed by atoms with van der Waals surface area (Å²) in [6, 6.07) is 9.94. The van der Waals surface area contributed by atoms with Gasteiger partial charge >= 0.3 is 6.09 Å². The van der Waals surface area contributed by atoms with Crippen LogP contribution in [0.15, 0.2) is 48.8 Å². The molecule has 2 heterocycles. The second kappa shape index (κ2) is 11.9. The Morgan fingerprint density at radius 1 is 1.05 bits per heavy atom. The van der Waals surface area contributed by atoms with Crippen LogP contribution in [0.5, 0.6) is 0 Å². The van der Waals surface area contributed by atoms with Crippen LogP contribution < -0.4 is 5.32 Å². The lowest BCUT2D eigenvalue weighted by molar-refractivity contribution is -0.120. The maximum atomic E-state index is 12.9. The van der Waals surface area contributed by atoms with Crippen molar-refractivity contribution in [3.05, 3.63) is 65.6 Å². The quantitative estimate of drug-likeness (QED) is 0.346. The predicted octanol–water partition coefficient (Wildman–Crippen LogP) is 4.94. The Hall–Kier alpha value is -4.58. The van der Waals surface area contributed by atoms with E-state index in [4.69, 9.17) is 10.1 Å². The van der Waals surface area contributed by atoms with Crippen LogP contribution in [0.4, 0.5) is 10.6 Å². The first-order chi connectivity index (χ1) is 18.3. The zero-order valence-corrected chi connectivity index (χ0v) is 23.2. The van der Waals surface area contributed by atoms with E-state index in [1.165, 1.54) is 18.9 Å². The third kappa shape index (κ3) is 7.48. The molecule has 0 aliphatic carbocycles. The molecule has 0 fully saturated rings. The first-order valence-electron chi connectivity index (χ1n) is 12.5. The molecular formula is C30H33N5O4. The van der Waals surface area contributed by atoms with Gasteiger partial charge in [-0.05, 0) is 77.1 Å². The van der Waals surface area contributed by atoms with Gasteiger partial charge in [0, 0.05) is 41.7 Å². The number of pyridine rings is 2. The number of hydrogen-bond donors (Lipinski definition) is 2. The number of rotatable bonds is 6. The topological polar surface area (TPSA) is 125 Å². The summed E-state index contributed by atoms with van der Waals surface area (Å²) in [4.78, 5) is 47.6. The molecule has 0 aliphatic rings. The van der Waals surface area contributed by atoms with E-state index in [1.54, 1.807) is 59.1 Å². The molecule has 3 aromatic rings. The van der Waals surface area contributed by atoms with E-state index in [1.807, 2.05) is 24.3 Å². The lowest BCUT2D eigenvalue weighted by atomic mass is 9.90. The number of hydrogen-bond acceptors (Lipinski definition) is 7. The molecule has 0 spiro atoms. The molecule has 2 atom stereocenters. The first kappa shape index (κ1) is 29.0. The van der Waals surface area contributed by atoms with Gasteiger partial charge in [0.15, 0.2) is 0 Å². The normalized spacial score (nSPS) is 12.5. The summed E-state index contributed by atoms with van der Waals surface area (Å²) in [6.45, 7) is 9.80. The van der Waals surface area contributed by atoms with Crippen LogP contribution in [0.25, 0.3) is 10.8 Å². The highest BCUT2D eigenvalue weighted by Crippen LogP contribution is 2.24. The lowest BCUT2D eigenvalue weighted by Gasteiger charge is -2.28. The fourth-order valence-corrected chi connectivity index (χ4v) is 3.82. The van der Waals surface area contributed by atoms with E-state index < -0.39 is 29.6 Å². The molecule has 2 aromatic heterocycles. The minimum absolute atomic E-state index is 0.162. The van der Waals surface area contributed by atoms with Crippen LogP contribution in [0.2, 0.25) is 0 Å². The molecule has 2 N–H and O–H groups in total. The number of nitrogens with zero attached hydrogens (tertiary/aromatic N) is 3. The van der Waals surface area contributed by atoms with Crippen LogP contribution in [0, 0.1) is 17.3 Å². The van der Waals surface area contributed by atoms with Crippen molar-refractivity contribution in [2.24, 2.45) is 0 Å². The second-order valence-electron chi connectivity index (χ2n) is 10.3. The Morgan fingerprint density at radius 3 is 2.41 bits per heavy atom. The minimum atomic E-state index is -0.850. The average molecular weight is 528 g/mol. The smallest absolute Gasteiger partial charge is 0.410 e. The van der Waals surface area contributed by atoms with Crippen molar-refractivity contribution >= 4 is 40.1 Å². The Bertz CT molecular complexity index is 1480. The number of Topliss-reactive ketones (excluding diaryl/α,β-unsaturated/α-hetero) is 1. The van der Waals surface area contributed by atoms with Crippen LogP contribution >= 0.6 is 0 Å². The maximum absolute atomic E-state index is 12.9. The van der Waals surface area contributed by atoms with Crippen molar-refractivity contribution in [1.29, 1.82) is 5.41 Å². The van der Waals surface area contributed by atoms with E-state index in [9.17, 15) is 14.4 Å². The largest absolute Gasteiger partial charge is 0.444 e. The van der Waals surface area contributed by atoms with Crippen molar-refractivity contribution in [2.75, 3.05) is 12.4 Å². The Morgan fingerprint density at radius 2 is 1.77 bits per heavy atom. The second-order valence-corrected chi connectivity index (χ2v) is 10.3. The molecule has 0 bridgehead atoms. The van der Waals surface area contributed by atoms with Crippen LogP contribution in [0.1, 0.15) is 64.3 Å². The van der Waals surface area contributed by atoms with E-state index >= 15 is 0 Å². The molecular weight excluding hydrogens is 494 g/mol. The average Bonchev–Trinajstić information content (AvgIpc) is 2.86. The molecule has 2 amide bonds. The monoisotopic (exact) mass is 527 g/mol. The van der Waals surface area contributed by atoms with Crippen LogP contribution in [-0.4, -0.2) is 57.1 Å². The Kier molecular flexibility index (Phi) is 8.81. The summed E-state index contributed by atoms with van der Waals surface area (Å²) < 4.78 is 5.35. The molecule has 0 radical (unpaired) electrons. The molecule has 1 aromatic carbocycles. The molecule has 0 saturated heterocycles. The van der Waals surface area contributed by atoms with Gasteiger partial charge < -0.3 is 15.5 Å². The highest BCUT2D eigenvalue weighted by molar-refractivity contribution is 6.07. The number of likely N-dealkylation sites (N-methyl/N-ethyl adjacent to an activating group) is 1. The number of benzene rings is 1. The van der Waals surface area contributed by atoms with Crippen molar-refractivity contribution in [3.8, 4) is 11.8 Å². The van der Waals surface area contributed by atoms with E-state index in [-0.39, 0.29) is 23.0 Å². The summed E-state index contributed by atoms with van der Waals surface area (Å²) in [7, 11) is 1.48. The molecule has 3 rings (SSSR count). The van der Waals surface area contributed by atoms with E-state index in [2.05, 4.69) is 27.1 Å². The van der Waals surface area contributed by atoms with Gasteiger partial charge in [0.25, 0.3) is 0 Å². The fraction of sp³-hybridized carbons (Fsp3) is 0.333. The van der Waals surface area contributed by atoms with Gasteiger partial charge in [-0.1, -0.05) is 18.1 Å². The number of nitrogens with one attached hydrogen (secondary N) is 2. The molecule has 39 heavy (non-hydrogen) atoms. The van der Waals surface area contributed by atoms with Crippen LogP contribution in [0.3, 0.4) is 0 Å². The predicted molar refractivity (Wildman–Crippen MR) is 151 cm³/mol. The molecule has 9 heteroatoms. The molecule has 2 unspecified atom stereocenters. The lowest BCUT2D eigenvalue weighted by Crippen LogP contribution is -2.45. The van der Waals surface area contributed by atoms with Crippen molar-refractivity contribution in [3.63, 3.8) is 0 Å². The van der Waals surface area contributed by atoms with Crippen molar-refractivity contribution in [2.45, 2.75) is 59.1 Å². The summed E-state index contributed by atoms with van der Waals surface area (Å²) in [5.74, 6) is 4.82. The summed E-state index contributed by atoms with van der Waals surface area (Å²) in [5.41, 5.74) is 0.936. The van der Waals surface area contributed by atoms with Gasteiger partial charge in [-0.15, -0.1) is 0 Å². The van der Waals surface area contributed by atoms with Gasteiger partial charge in [0.1, 0.15) is 28.9 Å². The SMILES string of the molecule is CC(=N)C(C(C)=O)c1ccc(NC(=O)C(C)N(C)C(=O)OC(C)(C)C)nc1C#Cc1ccc2cnccc2c1. The number of amides is 2. The number of fused-ring (bicyclic) bond motifs is 1. The zero-order valence-electron chi connectivity index (χ0n) is 23.2. The van der Waals surface area contributed by atoms with E-state index in [0.717, 1.165) is 16.3 Å². The van der Waals surface area contributed by atoms with Crippen molar-refractivity contribution in [1.82, 2.24) is 14.9 Å². The third-order valence-corrected chi connectivity index (χ3v) is 5.94. The highest BCUT2D eigenvalue weighted by atomic mass is 16.6. The number of carbonyl (C=O) groups is 3. The highest BCUT2D eigenvalue weighted by Gasteiger charge is 2.28. The standard InChI is InChI=1S/C30H33N5O4/c1-18(31)27(20(3)36)24-11-13-26(34-28(37)19(2)35(7)29(38)39-30(4,5)6)33-25(24)12-9-21-8-10-23-17-32-15-14-22(23)16-21/h8,10-11,13-17,19,27,31H,1-7H3,(H,33,34,37). The number of aromatic nitrogens is 2. The molecule has 9 nitrogen and oxygen atoms in total. The number of ether oxygens (including phenoxy) is 1. The fourth-order valence-electron chi connectivity index (χ4n) is 3.82. The number of anilines is 1. The summed E-state index contributed by atoms with van der Waals surface area (Å²) in [5, 5.41) is 12.8. The summed E-state index contributed by atoms with van der Waals surface area (Å²) in [6.07, 6.45) is 2.85. The van der Waals surface area contributed by atoms with Crippen molar-refractivity contribution < 1.29 is 19.1 Å². The maximum Gasteiger partial charge on any atom is 0.410 e. The van der Waals surface area contributed by atoms with Gasteiger partial charge in [-0.3, -0.25) is 19.5 Å². The molecule has 0 aliphatic heterocycles. The van der Waals surface area contributed by atoms with Gasteiger partial charge in [0.05, 0.1) is 5.92 Å². The first-order valence-corrected chi connectivity index (χ1v) is 12.5. The van der Waals surface area contributed by atoms with E-state index in [0.29, 0.717) is 5.56 Å². The zero-order chi connectivity index (χ0) is 28.9. The minimum Gasteiger partial charge on any atom is -0.444 e. The Labute approximate surface area is 228 Å². The molecule has 202 valence electrons. The van der Waals surface area contributed by atoms with Crippen LogP contribution in [-0.2, 0) is 14.3 Å². The van der Waals surface area contributed by atoms with Gasteiger partial charge in [0.2, 0.25) is 5.91 Å². The summed E-state index contributed by atoms with van der Waals surface area (Å²) >= 11 is 0. The number of carbonyl (C=O) groups excluding carboxylic acids is 3. The third-order valence-electron chi connectivity index (χ3n) is 5.94.